The first-order valence-electron chi connectivity index (χ1n) is 8.12. The van der Waals surface area contributed by atoms with Crippen LogP contribution in [-0.4, -0.2) is 27.6 Å². The average Bonchev–Trinajstić information content (AvgIpc) is 3.01. The monoisotopic (exact) mass is 384 g/mol. The molecular formula is C20H20N2O4S. The molecule has 0 aliphatic carbocycles. The number of rotatable bonds is 4. The molecule has 7 heteroatoms. The molecular weight excluding hydrogens is 364 g/mol. The zero-order valence-electron chi connectivity index (χ0n) is 15.0. The third-order valence-electron chi connectivity index (χ3n) is 3.66. The molecule has 0 atom stereocenters. The van der Waals surface area contributed by atoms with Crippen LogP contribution in [0.3, 0.4) is 0 Å². The van der Waals surface area contributed by atoms with Crippen LogP contribution in [0.5, 0.6) is 0 Å². The van der Waals surface area contributed by atoms with Crippen molar-refractivity contribution in [2.45, 2.75) is 20.5 Å². The Kier molecular flexibility index (Phi) is 7.22. The lowest BCUT2D eigenvalue weighted by Crippen LogP contribution is -2.12. The molecule has 0 aliphatic rings. The number of amides is 1. The number of nitrogens with zero attached hydrogens (tertiary/aromatic N) is 1. The van der Waals surface area contributed by atoms with E-state index in [9.17, 15) is 9.90 Å². The van der Waals surface area contributed by atoms with Crippen LogP contribution in [0.1, 0.15) is 26.6 Å². The maximum atomic E-state index is 12.5. The molecule has 27 heavy (non-hydrogen) atoms. The predicted octanol–water partition coefficient (Wildman–Crippen LogP) is 3.87. The Morgan fingerprint density at radius 1 is 1.19 bits per heavy atom. The smallest absolute Gasteiger partial charge is 0.290 e. The van der Waals surface area contributed by atoms with Crippen molar-refractivity contribution in [3.05, 3.63) is 70.4 Å². The molecule has 0 bridgehead atoms. The Morgan fingerprint density at radius 3 is 2.52 bits per heavy atom. The summed E-state index contributed by atoms with van der Waals surface area (Å²) in [4.78, 5) is 26.4. The van der Waals surface area contributed by atoms with Gasteiger partial charge in [0.05, 0.1) is 22.2 Å². The van der Waals surface area contributed by atoms with Crippen LogP contribution in [0.15, 0.2) is 48.5 Å². The fourth-order valence-corrected chi connectivity index (χ4v) is 3.47. The summed E-state index contributed by atoms with van der Waals surface area (Å²) >= 11 is 1.63. The van der Waals surface area contributed by atoms with E-state index in [0.717, 1.165) is 26.7 Å². The van der Waals surface area contributed by atoms with Gasteiger partial charge in [-0.1, -0.05) is 24.3 Å². The van der Waals surface area contributed by atoms with E-state index in [2.05, 4.69) is 10.3 Å². The number of carbonyl (C=O) groups is 2. The van der Waals surface area contributed by atoms with Crippen molar-refractivity contribution in [3.8, 4) is 10.4 Å². The molecule has 6 nitrogen and oxygen atoms in total. The standard InChI is InChI=1S/C19H18N2O2S.CH2O2/c1-12-18(24-13(2)20-12)15-6-4-7-16(10-15)19(23)21-17-8-3-5-14(9-17)11-22;2-1-3/h3-10,22H,11H2,1-2H3,(H,21,23);1H,(H,2,3). The Labute approximate surface area is 161 Å². The number of aliphatic hydroxyl groups excluding tert-OH is 1. The van der Waals surface area contributed by atoms with Gasteiger partial charge in [0.25, 0.3) is 12.4 Å². The van der Waals surface area contributed by atoms with Crippen molar-refractivity contribution in [1.29, 1.82) is 0 Å². The number of hydrogen-bond donors (Lipinski definition) is 3. The second kappa shape index (κ2) is 9.61. The van der Waals surface area contributed by atoms with Crippen LogP contribution in [0.25, 0.3) is 10.4 Å². The molecule has 0 radical (unpaired) electrons. The SMILES string of the molecule is Cc1nc(C)c(-c2cccc(C(=O)Nc3cccc(CO)c3)c2)s1.O=CO. The van der Waals surface area contributed by atoms with Gasteiger partial charge in [-0.3, -0.25) is 9.59 Å². The first-order valence-corrected chi connectivity index (χ1v) is 8.93. The summed E-state index contributed by atoms with van der Waals surface area (Å²) in [5.74, 6) is -0.175. The number of hydrogen-bond acceptors (Lipinski definition) is 5. The molecule has 3 rings (SSSR count). The Balaban J connectivity index is 0.000000817. The molecule has 1 amide bonds. The summed E-state index contributed by atoms with van der Waals surface area (Å²) in [7, 11) is 0. The van der Waals surface area contributed by atoms with E-state index in [1.807, 2.05) is 38.1 Å². The quantitative estimate of drug-likeness (QED) is 0.593. The van der Waals surface area contributed by atoms with Gasteiger partial charge in [0, 0.05) is 11.3 Å². The predicted molar refractivity (Wildman–Crippen MR) is 106 cm³/mol. The fraction of sp³-hybridized carbons (Fsp3) is 0.150. The van der Waals surface area contributed by atoms with Gasteiger partial charge in [0.2, 0.25) is 0 Å². The van der Waals surface area contributed by atoms with Crippen LogP contribution >= 0.6 is 11.3 Å². The highest BCUT2D eigenvalue weighted by atomic mass is 32.1. The van der Waals surface area contributed by atoms with E-state index in [0.29, 0.717) is 11.3 Å². The van der Waals surface area contributed by atoms with Gasteiger partial charge >= 0.3 is 0 Å². The number of aryl methyl sites for hydroxylation is 2. The summed E-state index contributed by atoms with van der Waals surface area (Å²) in [6.45, 7) is 3.65. The largest absolute Gasteiger partial charge is 0.483 e. The number of aliphatic hydroxyl groups is 1. The first kappa shape index (κ1) is 20.3. The number of carbonyl (C=O) groups excluding carboxylic acids is 1. The lowest BCUT2D eigenvalue weighted by atomic mass is 10.1. The molecule has 0 saturated carbocycles. The molecule has 1 aromatic heterocycles. The molecule has 3 N–H and O–H groups in total. The van der Waals surface area contributed by atoms with E-state index in [-0.39, 0.29) is 19.0 Å². The summed E-state index contributed by atoms with van der Waals surface area (Å²) in [6, 6.07) is 14.7. The zero-order valence-corrected chi connectivity index (χ0v) is 15.8. The second-order valence-electron chi connectivity index (χ2n) is 5.65. The minimum absolute atomic E-state index is 0.0524. The number of aromatic nitrogens is 1. The van der Waals surface area contributed by atoms with E-state index >= 15 is 0 Å². The molecule has 0 saturated heterocycles. The van der Waals surface area contributed by atoms with Crippen molar-refractivity contribution in [3.63, 3.8) is 0 Å². The normalized spacial score (nSPS) is 9.89. The lowest BCUT2D eigenvalue weighted by molar-refractivity contribution is -0.122. The molecule has 140 valence electrons. The maximum absolute atomic E-state index is 12.5. The molecule has 0 unspecified atom stereocenters. The van der Waals surface area contributed by atoms with Gasteiger partial charge in [-0.2, -0.15) is 0 Å². The van der Waals surface area contributed by atoms with E-state index in [1.54, 1.807) is 35.6 Å². The minimum Gasteiger partial charge on any atom is -0.483 e. The van der Waals surface area contributed by atoms with Crippen molar-refractivity contribution >= 4 is 29.4 Å². The number of benzene rings is 2. The minimum atomic E-state index is -0.250. The molecule has 0 spiro atoms. The van der Waals surface area contributed by atoms with E-state index in [4.69, 9.17) is 9.90 Å². The van der Waals surface area contributed by atoms with Crippen LogP contribution in [-0.2, 0) is 11.4 Å². The Hall–Kier alpha value is -3.03. The van der Waals surface area contributed by atoms with Crippen LogP contribution in [0.4, 0.5) is 5.69 Å². The average molecular weight is 384 g/mol. The summed E-state index contributed by atoms with van der Waals surface area (Å²) < 4.78 is 0. The highest BCUT2D eigenvalue weighted by molar-refractivity contribution is 7.15. The van der Waals surface area contributed by atoms with E-state index in [1.165, 1.54) is 0 Å². The second-order valence-corrected chi connectivity index (χ2v) is 6.85. The van der Waals surface area contributed by atoms with Gasteiger partial charge in [-0.15, -0.1) is 11.3 Å². The molecule has 0 fully saturated rings. The van der Waals surface area contributed by atoms with E-state index < -0.39 is 0 Å². The van der Waals surface area contributed by atoms with Gasteiger partial charge in [0.15, 0.2) is 0 Å². The number of anilines is 1. The summed E-state index contributed by atoms with van der Waals surface area (Å²) in [5, 5.41) is 20.0. The van der Waals surface area contributed by atoms with Crippen LogP contribution in [0.2, 0.25) is 0 Å². The van der Waals surface area contributed by atoms with Crippen molar-refractivity contribution in [1.82, 2.24) is 4.98 Å². The third-order valence-corrected chi connectivity index (χ3v) is 4.78. The van der Waals surface area contributed by atoms with Gasteiger partial charge in [-0.25, -0.2) is 4.98 Å². The highest BCUT2D eigenvalue weighted by Gasteiger charge is 2.11. The summed E-state index contributed by atoms with van der Waals surface area (Å²) in [5.41, 5.74) is 3.99. The van der Waals surface area contributed by atoms with Crippen molar-refractivity contribution in [2.75, 3.05) is 5.32 Å². The maximum Gasteiger partial charge on any atom is 0.290 e. The van der Waals surface area contributed by atoms with Crippen molar-refractivity contribution in [2.24, 2.45) is 0 Å². The molecule has 3 aromatic rings. The third kappa shape index (κ3) is 5.47. The Bertz CT molecular complexity index is 937. The molecule has 2 aromatic carbocycles. The van der Waals surface area contributed by atoms with Crippen LogP contribution < -0.4 is 5.32 Å². The molecule has 0 aliphatic heterocycles. The number of carboxylic acid groups (broad SMARTS) is 1. The van der Waals surface area contributed by atoms with Crippen LogP contribution in [0, 0.1) is 13.8 Å². The van der Waals surface area contributed by atoms with Gasteiger partial charge < -0.3 is 15.5 Å². The number of nitrogens with one attached hydrogen (secondary N) is 1. The first-order chi connectivity index (χ1) is 13.0. The van der Waals surface area contributed by atoms with Gasteiger partial charge in [-0.05, 0) is 49.2 Å². The number of thiazole rings is 1. The van der Waals surface area contributed by atoms with Crippen molar-refractivity contribution < 1.29 is 19.8 Å². The topological polar surface area (TPSA) is 99.5 Å². The zero-order chi connectivity index (χ0) is 19.8. The fourth-order valence-electron chi connectivity index (χ4n) is 2.55. The lowest BCUT2D eigenvalue weighted by Gasteiger charge is -2.08. The Morgan fingerprint density at radius 2 is 1.89 bits per heavy atom. The highest BCUT2D eigenvalue weighted by Crippen LogP contribution is 2.30. The summed E-state index contributed by atoms with van der Waals surface area (Å²) in [6.07, 6.45) is 0. The van der Waals surface area contributed by atoms with Gasteiger partial charge in [0.1, 0.15) is 0 Å². The molecule has 1 heterocycles.